The molecule has 0 radical (unpaired) electrons. The molecule has 0 unspecified atom stereocenters. The van der Waals surface area contributed by atoms with Crippen LogP contribution in [-0.4, -0.2) is 17.4 Å². The highest BCUT2D eigenvalue weighted by Gasteiger charge is 2.24. The van der Waals surface area contributed by atoms with Crippen molar-refractivity contribution in [1.82, 2.24) is 5.16 Å². The van der Waals surface area contributed by atoms with E-state index in [1.54, 1.807) is 12.1 Å². The largest absolute Gasteiger partial charge is 0.506 e. The Morgan fingerprint density at radius 2 is 2.21 bits per heavy atom. The summed E-state index contributed by atoms with van der Waals surface area (Å²) < 4.78 is 16.4. The first-order valence-electron chi connectivity index (χ1n) is 5.52. The van der Waals surface area contributed by atoms with Gasteiger partial charge < -0.3 is 18.8 Å². The standard InChI is InChI=1S/C13H10BrNO4/c1-6-5-8(19-15-6)9-11(16)10(14)13-7(3-4-18-13)12(9)17-2/h3-5,16H,1-2H3. The predicted octanol–water partition coefficient (Wildman–Crippen LogP) is 3.87. The number of halogens is 1. The van der Waals surface area contributed by atoms with E-state index in [1.807, 2.05) is 6.92 Å². The molecule has 0 amide bonds. The highest BCUT2D eigenvalue weighted by atomic mass is 79.9. The molecule has 2 heterocycles. The van der Waals surface area contributed by atoms with E-state index in [2.05, 4.69) is 21.1 Å². The third-order valence-corrected chi connectivity index (χ3v) is 3.60. The summed E-state index contributed by atoms with van der Waals surface area (Å²) in [6, 6.07) is 3.50. The van der Waals surface area contributed by atoms with Crippen LogP contribution in [0.2, 0.25) is 0 Å². The van der Waals surface area contributed by atoms with Gasteiger partial charge in [0.25, 0.3) is 0 Å². The van der Waals surface area contributed by atoms with Crippen molar-refractivity contribution < 1.29 is 18.8 Å². The fourth-order valence-electron chi connectivity index (χ4n) is 2.04. The van der Waals surface area contributed by atoms with Gasteiger partial charge in [-0.1, -0.05) is 5.16 Å². The van der Waals surface area contributed by atoms with Crippen molar-refractivity contribution >= 4 is 26.9 Å². The smallest absolute Gasteiger partial charge is 0.174 e. The number of ether oxygens (including phenoxy) is 1. The average molecular weight is 324 g/mol. The SMILES string of the molecule is COc1c(-c2cc(C)no2)c(O)c(Br)c2occc12. The second-order valence-electron chi connectivity index (χ2n) is 4.07. The molecule has 0 aliphatic heterocycles. The topological polar surface area (TPSA) is 68.6 Å². The molecule has 1 aromatic carbocycles. The summed E-state index contributed by atoms with van der Waals surface area (Å²) in [6.07, 6.45) is 1.53. The van der Waals surface area contributed by atoms with Crippen LogP contribution >= 0.6 is 15.9 Å². The number of furan rings is 1. The van der Waals surface area contributed by atoms with Gasteiger partial charge in [-0.15, -0.1) is 0 Å². The summed E-state index contributed by atoms with van der Waals surface area (Å²) in [6.45, 7) is 1.81. The average Bonchev–Trinajstić information content (AvgIpc) is 3.02. The van der Waals surface area contributed by atoms with Crippen molar-refractivity contribution in [3.63, 3.8) is 0 Å². The van der Waals surface area contributed by atoms with Crippen molar-refractivity contribution in [3.05, 3.63) is 28.6 Å². The van der Waals surface area contributed by atoms with Gasteiger partial charge >= 0.3 is 0 Å². The lowest BCUT2D eigenvalue weighted by Crippen LogP contribution is -1.90. The third kappa shape index (κ3) is 1.71. The lowest BCUT2D eigenvalue weighted by molar-refractivity contribution is 0.399. The van der Waals surface area contributed by atoms with Gasteiger partial charge in [0.15, 0.2) is 11.3 Å². The van der Waals surface area contributed by atoms with Crippen LogP contribution in [0, 0.1) is 6.92 Å². The minimum Gasteiger partial charge on any atom is -0.506 e. The summed E-state index contributed by atoms with van der Waals surface area (Å²) in [5, 5.41) is 14.9. The number of benzene rings is 1. The Morgan fingerprint density at radius 3 is 2.84 bits per heavy atom. The number of aromatic hydroxyl groups is 1. The maximum atomic E-state index is 10.3. The molecule has 6 heteroatoms. The zero-order chi connectivity index (χ0) is 13.6. The van der Waals surface area contributed by atoms with Crippen molar-refractivity contribution in [3.8, 4) is 22.8 Å². The van der Waals surface area contributed by atoms with Crippen LogP contribution in [0.15, 0.2) is 31.8 Å². The Labute approximate surface area is 116 Å². The number of hydrogen-bond donors (Lipinski definition) is 1. The first-order chi connectivity index (χ1) is 9.13. The molecule has 0 fully saturated rings. The van der Waals surface area contributed by atoms with E-state index >= 15 is 0 Å². The quantitative estimate of drug-likeness (QED) is 0.775. The number of phenols is 1. The van der Waals surface area contributed by atoms with Crippen LogP contribution in [-0.2, 0) is 0 Å². The highest BCUT2D eigenvalue weighted by molar-refractivity contribution is 9.10. The molecule has 2 aromatic heterocycles. The number of nitrogens with zero attached hydrogens (tertiary/aromatic N) is 1. The molecule has 0 aliphatic rings. The van der Waals surface area contributed by atoms with Gasteiger partial charge in [0.05, 0.1) is 24.5 Å². The van der Waals surface area contributed by atoms with Crippen LogP contribution in [0.4, 0.5) is 0 Å². The molecule has 3 rings (SSSR count). The minimum atomic E-state index is -0.00421. The highest BCUT2D eigenvalue weighted by Crippen LogP contribution is 2.48. The van der Waals surface area contributed by atoms with Gasteiger partial charge in [-0.2, -0.15) is 0 Å². The molecule has 1 N–H and O–H groups in total. The fraction of sp³-hybridized carbons (Fsp3) is 0.154. The summed E-state index contributed by atoms with van der Waals surface area (Å²) in [5.74, 6) is 0.923. The van der Waals surface area contributed by atoms with E-state index < -0.39 is 0 Å². The van der Waals surface area contributed by atoms with E-state index in [4.69, 9.17) is 13.7 Å². The Bertz CT molecular complexity index is 759. The number of phenolic OH excluding ortho intramolecular Hbond substituents is 1. The van der Waals surface area contributed by atoms with Crippen LogP contribution < -0.4 is 4.74 Å². The second kappa shape index (κ2) is 4.31. The summed E-state index contributed by atoms with van der Waals surface area (Å²) in [7, 11) is 1.53. The van der Waals surface area contributed by atoms with E-state index in [1.165, 1.54) is 13.4 Å². The Kier molecular flexibility index (Phi) is 2.74. The van der Waals surface area contributed by atoms with Crippen molar-refractivity contribution in [2.75, 3.05) is 7.11 Å². The third-order valence-electron chi connectivity index (χ3n) is 2.86. The van der Waals surface area contributed by atoms with Gasteiger partial charge in [-0.3, -0.25) is 0 Å². The fourth-order valence-corrected chi connectivity index (χ4v) is 2.54. The van der Waals surface area contributed by atoms with E-state index in [-0.39, 0.29) is 5.75 Å². The lowest BCUT2D eigenvalue weighted by Gasteiger charge is -2.10. The number of aryl methyl sites for hydroxylation is 1. The van der Waals surface area contributed by atoms with Gasteiger partial charge in [0, 0.05) is 6.07 Å². The molecular formula is C13H10BrNO4. The molecule has 19 heavy (non-hydrogen) atoms. The molecule has 98 valence electrons. The van der Waals surface area contributed by atoms with Gasteiger partial charge in [0.1, 0.15) is 21.5 Å². The number of hydrogen-bond acceptors (Lipinski definition) is 5. The first kappa shape index (κ1) is 12.1. The van der Waals surface area contributed by atoms with Crippen molar-refractivity contribution in [1.29, 1.82) is 0 Å². The Hall–Kier alpha value is -1.95. The molecule has 0 aliphatic carbocycles. The zero-order valence-corrected chi connectivity index (χ0v) is 11.8. The number of methoxy groups -OCH3 is 1. The zero-order valence-electron chi connectivity index (χ0n) is 10.2. The maximum Gasteiger partial charge on any atom is 0.174 e. The molecule has 5 nitrogen and oxygen atoms in total. The van der Waals surface area contributed by atoms with Crippen LogP contribution in [0.3, 0.4) is 0 Å². The molecule has 0 bridgehead atoms. The number of aromatic nitrogens is 1. The minimum absolute atomic E-state index is 0.00421. The Morgan fingerprint density at radius 1 is 1.42 bits per heavy atom. The molecule has 0 spiro atoms. The molecule has 0 atom stereocenters. The second-order valence-corrected chi connectivity index (χ2v) is 4.86. The summed E-state index contributed by atoms with van der Waals surface area (Å²) in [5.41, 5.74) is 1.69. The maximum absolute atomic E-state index is 10.3. The van der Waals surface area contributed by atoms with E-state index in [9.17, 15) is 5.11 Å². The lowest BCUT2D eigenvalue weighted by atomic mass is 10.1. The molecular weight excluding hydrogens is 314 g/mol. The van der Waals surface area contributed by atoms with Crippen LogP contribution in [0.5, 0.6) is 11.5 Å². The predicted molar refractivity (Wildman–Crippen MR) is 72.4 cm³/mol. The van der Waals surface area contributed by atoms with Crippen molar-refractivity contribution in [2.24, 2.45) is 0 Å². The normalized spacial score (nSPS) is 11.1. The van der Waals surface area contributed by atoms with E-state index in [0.717, 1.165) is 11.1 Å². The number of rotatable bonds is 2. The number of fused-ring (bicyclic) bond motifs is 1. The summed E-state index contributed by atoms with van der Waals surface area (Å²) >= 11 is 3.32. The van der Waals surface area contributed by atoms with Crippen LogP contribution in [0.1, 0.15) is 5.69 Å². The Balaban J connectivity index is 2.42. The monoisotopic (exact) mass is 323 g/mol. The van der Waals surface area contributed by atoms with Crippen molar-refractivity contribution in [2.45, 2.75) is 6.92 Å². The summed E-state index contributed by atoms with van der Waals surface area (Å²) in [4.78, 5) is 0. The molecule has 0 saturated heterocycles. The first-order valence-corrected chi connectivity index (χ1v) is 6.32. The molecule has 0 saturated carbocycles. The van der Waals surface area contributed by atoms with Gasteiger partial charge in [-0.25, -0.2) is 0 Å². The van der Waals surface area contributed by atoms with Gasteiger partial charge in [0.2, 0.25) is 0 Å². The van der Waals surface area contributed by atoms with E-state index in [0.29, 0.717) is 27.1 Å². The van der Waals surface area contributed by atoms with Crippen LogP contribution in [0.25, 0.3) is 22.3 Å². The molecule has 3 aromatic rings. The van der Waals surface area contributed by atoms with Gasteiger partial charge in [-0.05, 0) is 28.9 Å².